The van der Waals surface area contributed by atoms with Crippen molar-refractivity contribution in [2.45, 2.75) is 102 Å². The second kappa shape index (κ2) is 19.9. The van der Waals surface area contributed by atoms with Gasteiger partial charge in [0.25, 0.3) is 0 Å². The first-order chi connectivity index (χ1) is 22.1. The van der Waals surface area contributed by atoms with Gasteiger partial charge in [0.15, 0.2) is 0 Å². The zero-order chi connectivity index (χ0) is 33.5. The Bertz CT molecular complexity index is 1120. The fraction of sp³-hybridized carbons (Fsp3) is 0.694. The van der Waals surface area contributed by atoms with Crippen LogP contribution in [0.1, 0.15) is 77.2 Å². The smallest absolute Gasteiger partial charge is 0.243 e. The van der Waals surface area contributed by atoms with Gasteiger partial charge in [-0.05, 0) is 36.7 Å². The van der Waals surface area contributed by atoms with E-state index in [1.165, 1.54) is 6.42 Å². The summed E-state index contributed by atoms with van der Waals surface area (Å²) in [6, 6.07) is 7.82. The van der Waals surface area contributed by atoms with Crippen LogP contribution in [0.3, 0.4) is 0 Å². The summed E-state index contributed by atoms with van der Waals surface area (Å²) in [6.07, 6.45) is 10.2. The number of aliphatic hydroxyl groups is 2. The molecule has 1 aliphatic heterocycles. The fourth-order valence-electron chi connectivity index (χ4n) is 6.42. The molecule has 2 unspecified atom stereocenters. The second-order valence-electron chi connectivity index (χ2n) is 13.6. The molecule has 5 atom stereocenters. The van der Waals surface area contributed by atoms with E-state index in [-0.39, 0.29) is 24.7 Å². The third-order valence-electron chi connectivity index (χ3n) is 9.23. The summed E-state index contributed by atoms with van der Waals surface area (Å²) < 4.78 is 0. The summed E-state index contributed by atoms with van der Waals surface area (Å²) in [6.45, 7) is 6.33. The number of carbonyl (C=O) groups is 3. The number of likely N-dealkylation sites (N-methyl/N-ethyl adjacent to an activating group) is 1. The first-order valence-corrected chi connectivity index (χ1v) is 18.2. The van der Waals surface area contributed by atoms with E-state index in [0.717, 1.165) is 56.0 Å². The quantitative estimate of drug-likeness (QED) is 0.179. The second-order valence-corrected chi connectivity index (χ2v) is 14.6. The molecule has 1 aliphatic carbocycles. The molecule has 10 heteroatoms. The maximum Gasteiger partial charge on any atom is 0.243 e. The Morgan fingerprint density at radius 3 is 2.43 bits per heavy atom. The molecule has 1 heterocycles. The number of carbonyl (C=O) groups excluding carboxylic acids is 3. The zero-order valence-electron chi connectivity index (χ0n) is 28.0. The van der Waals surface area contributed by atoms with Crippen LogP contribution < -0.4 is 10.6 Å². The average molecular weight is 657 g/mol. The van der Waals surface area contributed by atoms with Crippen molar-refractivity contribution < 1.29 is 24.6 Å². The van der Waals surface area contributed by atoms with Gasteiger partial charge >= 0.3 is 0 Å². The molecule has 2 fully saturated rings. The van der Waals surface area contributed by atoms with Crippen LogP contribution in [0.5, 0.6) is 0 Å². The van der Waals surface area contributed by atoms with Crippen LogP contribution in [-0.2, 0) is 20.8 Å². The first-order valence-electron chi connectivity index (χ1n) is 17.1. The molecule has 0 spiro atoms. The van der Waals surface area contributed by atoms with Crippen molar-refractivity contribution in [1.29, 1.82) is 0 Å². The molecule has 4 N–H and O–H groups in total. The normalized spacial score (nSPS) is 19.1. The van der Waals surface area contributed by atoms with Crippen molar-refractivity contribution in [1.82, 2.24) is 20.4 Å². The Hall–Kier alpha value is -2.58. The minimum absolute atomic E-state index is 0.000778. The molecule has 1 aromatic rings. The minimum Gasteiger partial charge on any atom is -0.390 e. The predicted molar refractivity (Wildman–Crippen MR) is 185 cm³/mol. The lowest BCUT2D eigenvalue weighted by Gasteiger charge is -2.33. The van der Waals surface area contributed by atoms with Gasteiger partial charge in [0.05, 0.1) is 18.1 Å². The van der Waals surface area contributed by atoms with Crippen molar-refractivity contribution >= 4 is 29.5 Å². The summed E-state index contributed by atoms with van der Waals surface area (Å²) in [4.78, 5) is 44.8. The number of aliphatic hydroxyl groups excluding tert-OH is 2. The summed E-state index contributed by atoms with van der Waals surface area (Å²) in [7, 11) is 1.77. The molecule has 0 bridgehead atoms. The molecular formula is C36H56N4O5S. The SMILES string of the molecule is C#CC[C@H](NC(=O)[C@@H](CC(=O)N(C)CCN1CCSC1)Cc1ccccc1)C(=O)NC(CC1CCCCC1)C(O)[C@@H](O)CC(C)C. The van der Waals surface area contributed by atoms with Gasteiger partial charge in [-0.25, -0.2) is 0 Å². The van der Waals surface area contributed by atoms with Crippen LogP contribution in [0.15, 0.2) is 30.3 Å². The predicted octanol–water partition coefficient (Wildman–Crippen LogP) is 3.43. The first kappa shape index (κ1) is 37.9. The molecule has 2 aliphatic rings. The van der Waals surface area contributed by atoms with Crippen LogP contribution >= 0.6 is 11.8 Å². The van der Waals surface area contributed by atoms with Gasteiger partial charge in [-0.15, -0.1) is 24.1 Å². The van der Waals surface area contributed by atoms with Crippen LogP contribution in [0, 0.1) is 30.1 Å². The lowest BCUT2D eigenvalue weighted by molar-refractivity contribution is -0.137. The molecular weight excluding hydrogens is 600 g/mol. The van der Waals surface area contributed by atoms with E-state index in [1.807, 2.05) is 55.9 Å². The molecule has 1 saturated carbocycles. The molecule has 3 rings (SSSR count). The van der Waals surface area contributed by atoms with Crippen LogP contribution in [0.2, 0.25) is 0 Å². The third-order valence-corrected chi connectivity index (χ3v) is 10.3. The lowest BCUT2D eigenvalue weighted by Crippen LogP contribution is -2.56. The maximum absolute atomic E-state index is 13.8. The van der Waals surface area contributed by atoms with E-state index in [9.17, 15) is 24.6 Å². The number of hydrogen-bond acceptors (Lipinski definition) is 7. The number of rotatable bonds is 18. The number of hydrogen-bond donors (Lipinski definition) is 4. The van der Waals surface area contributed by atoms with Gasteiger partial charge in [-0.3, -0.25) is 19.3 Å². The van der Waals surface area contributed by atoms with E-state index in [1.54, 1.807) is 11.9 Å². The van der Waals surface area contributed by atoms with Crippen molar-refractivity contribution in [2.75, 3.05) is 38.3 Å². The minimum atomic E-state index is -1.14. The Labute approximate surface area is 280 Å². The summed E-state index contributed by atoms with van der Waals surface area (Å²) in [5.74, 6) is 3.34. The number of benzene rings is 1. The van der Waals surface area contributed by atoms with Crippen LogP contribution in [-0.4, -0.2) is 100 Å². The van der Waals surface area contributed by atoms with E-state index >= 15 is 0 Å². The number of thioether (sulfide) groups is 1. The van der Waals surface area contributed by atoms with Gasteiger partial charge in [-0.1, -0.05) is 76.3 Å². The molecule has 1 saturated heterocycles. The van der Waals surface area contributed by atoms with E-state index in [2.05, 4.69) is 21.5 Å². The molecule has 46 heavy (non-hydrogen) atoms. The third kappa shape index (κ3) is 12.9. The highest BCUT2D eigenvalue weighted by Crippen LogP contribution is 2.29. The Kier molecular flexibility index (Phi) is 16.4. The summed E-state index contributed by atoms with van der Waals surface area (Å²) in [5, 5.41) is 27.8. The van der Waals surface area contributed by atoms with E-state index in [4.69, 9.17) is 6.42 Å². The highest BCUT2D eigenvalue weighted by atomic mass is 32.2. The Morgan fingerprint density at radius 1 is 1.09 bits per heavy atom. The lowest BCUT2D eigenvalue weighted by atomic mass is 9.82. The van der Waals surface area contributed by atoms with Gasteiger partial charge < -0.3 is 25.7 Å². The Morgan fingerprint density at radius 2 is 1.80 bits per heavy atom. The van der Waals surface area contributed by atoms with Gasteiger partial charge in [0, 0.05) is 51.2 Å². The van der Waals surface area contributed by atoms with Crippen LogP contribution in [0.25, 0.3) is 0 Å². The van der Waals surface area contributed by atoms with Crippen molar-refractivity contribution in [3.8, 4) is 12.3 Å². The topological polar surface area (TPSA) is 122 Å². The molecule has 0 aromatic heterocycles. The van der Waals surface area contributed by atoms with Gasteiger partial charge in [0.1, 0.15) is 12.1 Å². The average Bonchev–Trinajstić information content (AvgIpc) is 3.57. The highest BCUT2D eigenvalue weighted by molar-refractivity contribution is 7.99. The van der Waals surface area contributed by atoms with Crippen molar-refractivity contribution in [3.63, 3.8) is 0 Å². The largest absolute Gasteiger partial charge is 0.390 e. The molecule has 9 nitrogen and oxygen atoms in total. The van der Waals surface area contributed by atoms with Crippen molar-refractivity contribution in [3.05, 3.63) is 35.9 Å². The van der Waals surface area contributed by atoms with E-state index < -0.39 is 42.0 Å². The molecule has 3 amide bonds. The van der Waals surface area contributed by atoms with Crippen LogP contribution in [0.4, 0.5) is 0 Å². The Balaban J connectivity index is 1.72. The highest BCUT2D eigenvalue weighted by Gasteiger charge is 2.34. The zero-order valence-corrected chi connectivity index (χ0v) is 28.9. The summed E-state index contributed by atoms with van der Waals surface area (Å²) >= 11 is 1.88. The molecule has 0 radical (unpaired) electrons. The van der Waals surface area contributed by atoms with Crippen molar-refractivity contribution in [2.24, 2.45) is 17.8 Å². The number of amides is 3. The van der Waals surface area contributed by atoms with E-state index in [0.29, 0.717) is 31.7 Å². The van der Waals surface area contributed by atoms with Gasteiger partial charge in [-0.2, -0.15) is 0 Å². The monoisotopic (exact) mass is 656 g/mol. The standard InChI is InChI=1S/C36H56N4O5S/c1-5-12-30(36(45)38-31(23-28-15-10-7-11-16-28)34(43)32(41)21-26(2)3)37-35(44)29(22-27-13-8-6-9-14-27)24-33(42)39(4)17-18-40-19-20-46-25-40/h1,6,8-9,13-14,26,28-32,34,41,43H,7,10-12,15-25H2,2-4H3,(H,37,44)(H,38,45)/t29-,30+,31?,32+,34?/m1/s1. The van der Waals surface area contributed by atoms with Gasteiger partial charge in [0.2, 0.25) is 17.7 Å². The fourth-order valence-corrected chi connectivity index (χ4v) is 7.46. The number of terminal acetylenes is 1. The maximum atomic E-state index is 13.8. The number of nitrogens with zero attached hydrogens (tertiary/aromatic N) is 2. The molecule has 1 aromatic carbocycles. The number of nitrogens with one attached hydrogen (secondary N) is 2. The molecule has 256 valence electrons. The summed E-state index contributed by atoms with van der Waals surface area (Å²) in [5.41, 5.74) is 0.917.